The minimum Gasteiger partial charge on any atom is -0.0715 e. The molecule has 1 unspecified atom stereocenters. The first kappa shape index (κ1) is 18.5. The van der Waals surface area contributed by atoms with Crippen LogP contribution in [0.4, 0.5) is 0 Å². The highest BCUT2D eigenvalue weighted by Gasteiger charge is 2.49. The molecule has 0 nitrogen and oxygen atoms in total. The molecule has 0 fully saturated rings. The fourth-order valence-electron chi connectivity index (χ4n) is 7.29. The number of hydrogen-bond donors (Lipinski definition) is 0. The predicted molar refractivity (Wildman–Crippen MR) is 137 cm³/mol. The highest BCUT2D eigenvalue weighted by Crippen LogP contribution is 2.63. The first-order chi connectivity index (χ1) is 15.3. The van der Waals surface area contributed by atoms with Gasteiger partial charge in [-0.3, -0.25) is 0 Å². The highest BCUT2D eigenvalue weighted by molar-refractivity contribution is 6.12. The highest BCUT2D eigenvalue weighted by atomic mass is 14.5. The standard InChI is InChI=1S/C32H28/c1-18-9-10-22-15-26-29-28-25(32(26)16-19(2)13-20(3)17-32)12-11-21-7-6-8-24(27(21)28)31(4,5)30(29)23(22)14-18/h6-16H,17H2,1-5H3. The summed E-state index contributed by atoms with van der Waals surface area (Å²) in [6, 6.07) is 21.3. The molecule has 4 aromatic rings. The van der Waals surface area contributed by atoms with E-state index in [1.54, 1.807) is 0 Å². The third kappa shape index (κ3) is 2.00. The minimum atomic E-state index is -0.0663. The Hall–Kier alpha value is -3.12. The molecule has 1 spiro atoms. The molecule has 156 valence electrons. The van der Waals surface area contributed by atoms with E-state index in [2.05, 4.69) is 101 Å². The normalized spacial score (nSPS) is 21.9. The molecule has 0 bridgehead atoms. The Kier molecular flexibility index (Phi) is 3.24. The average Bonchev–Trinajstić information content (AvgIpc) is 2.99. The second kappa shape index (κ2) is 5.62. The third-order valence-electron chi connectivity index (χ3n) is 8.36. The van der Waals surface area contributed by atoms with Crippen LogP contribution < -0.4 is 0 Å². The van der Waals surface area contributed by atoms with Gasteiger partial charge in [0.1, 0.15) is 0 Å². The van der Waals surface area contributed by atoms with Gasteiger partial charge in [-0.15, -0.1) is 0 Å². The lowest BCUT2D eigenvalue weighted by molar-refractivity contribution is 0.633. The van der Waals surface area contributed by atoms with Crippen molar-refractivity contribution >= 4 is 21.5 Å². The van der Waals surface area contributed by atoms with Crippen molar-refractivity contribution in [1.82, 2.24) is 0 Å². The smallest absolute Gasteiger partial charge is 0.0437 e. The lowest BCUT2D eigenvalue weighted by Gasteiger charge is -2.36. The van der Waals surface area contributed by atoms with Gasteiger partial charge in [0.25, 0.3) is 0 Å². The monoisotopic (exact) mass is 412 g/mol. The van der Waals surface area contributed by atoms with Crippen LogP contribution in [0.1, 0.15) is 61.9 Å². The fourth-order valence-corrected chi connectivity index (χ4v) is 7.29. The molecular formula is C32H28. The maximum absolute atomic E-state index is 2.56. The summed E-state index contributed by atoms with van der Waals surface area (Å²) in [5.41, 5.74) is 13.1. The summed E-state index contributed by atoms with van der Waals surface area (Å²) in [6.07, 6.45) is 5.99. The summed E-state index contributed by atoms with van der Waals surface area (Å²) in [5.74, 6) is 0. The van der Waals surface area contributed by atoms with Gasteiger partial charge in [-0.1, -0.05) is 91.2 Å². The van der Waals surface area contributed by atoms with Crippen molar-refractivity contribution in [3.8, 4) is 11.1 Å². The third-order valence-corrected chi connectivity index (χ3v) is 8.36. The first-order valence-corrected chi connectivity index (χ1v) is 11.8. The van der Waals surface area contributed by atoms with Crippen LogP contribution in [0, 0.1) is 6.92 Å². The maximum atomic E-state index is 2.56. The number of benzene rings is 4. The van der Waals surface area contributed by atoms with Crippen molar-refractivity contribution in [3.05, 3.63) is 106 Å². The minimum absolute atomic E-state index is 0.0492. The van der Waals surface area contributed by atoms with Gasteiger partial charge in [0.15, 0.2) is 0 Å². The Morgan fingerprint density at radius 1 is 0.750 bits per heavy atom. The van der Waals surface area contributed by atoms with Crippen molar-refractivity contribution in [2.45, 2.75) is 51.9 Å². The molecule has 32 heavy (non-hydrogen) atoms. The molecule has 0 heteroatoms. The molecular weight excluding hydrogens is 384 g/mol. The number of rotatable bonds is 0. The Balaban J connectivity index is 1.79. The van der Waals surface area contributed by atoms with Crippen molar-refractivity contribution in [2.75, 3.05) is 0 Å². The largest absolute Gasteiger partial charge is 0.0715 e. The lowest BCUT2D eigenvalue weighted by atomic mass is 9.66. The zero-order valence-corrected chi connectivity index (χ0v) is 19.6. The first-order valence-electron chi connectivity index (χ1n) is 11.8. The van der Waals surface area contributed by atoms with Crippen molar-refractivity contribution in [2.24, 2.45) is 0 Å². The summed E-state index contributed by atoms with van der Waals surface area (Å²) in [4.78, 5) is 0. The number of fused-ring (bicyclic) bond motifs is 4. The van der Waals surface area contributed by atoms with Gasteiger partial charge < -0.3 is 0 Å². The molecule has 0 heterocycles. The van der Waals surface area contributed by atoms with Gasteiger partial charge in [0, 0.05) is 10.8 Å². The van der Waals surface area contributed by atoms with E-state index in [1.165, 1.54) is 71.6 Å². The molecule has 0 radical (unpaired) electrons. The quantitative estimate of drug-likeness (QED) is 0.271. The van der Waals surface area contributed by atoms with E-state index in [-0.39, 0.29) is 10.8 Å². The molecule has 7 rings (SSSR count). The molecule has 3 aliphatic carbocycles. The number of hydrogen-bond acceptors (Lipinski definition) is 0. The molecule has 0 saturated carbocycles. The van der Waals surface area contributed by atoms with Crippen LogP contribution in [0.15, 0.2) is 77.9 Å². The second-order valence-corrected chi connectivity index (χ2v) is 10.9. The van der Waals surface area contributed by atoms with E-state index in [4.69, 9.17) is 0 Å². The van der Waals surface area contributed by atoms with E-state index >= 15 is 0 Å². The Bertz CT molecular complexity index is 1590. The van der Waals surface area contributed by atoms with Gasteiger partial charge in [-0.25, -0.2) is 0 Å². The van der Waals surface area contributed by atoms with E-state index in [1.807, 2.05) is 0 Å². The summed E-state index contributed by atoms with van der Waals surface area (Å²) in [6.45, 7) is 11.7. The molecule has 0 aromatic heterocycles. The molecule has 1 atom stereocenters. The summed E-state index contributed by atoms with van der Waals surface area (Å²) in [5, 5.41) is 5.65. The van der Waals surface area contributed by atoms with Crippen LogP contribution in [-0.2, 0) is 10.8 Å². The Morgan fingerprint density at radius 3 is 2.38 bits per heavy atom. The van der Waals surface area contributed by atoms with E-state index < -0.39 is 0 Å². The number of allylic oxidation sites excluding steroid dienone is 4. The molecule has 3 aliphatic rings. The average molecular weight is 413 g/mol. The van der Waals surface area contributed by atoms with E-state index in [0.717, 1.165) is 6.42 Å². The maximum Gasteiger partial charge on any atom is 0.0437 e. The van der Waals surface area contributed by atoms with E-state index in [9.17, 15) is 0 Å². The van der Waals surface area contributed by atoms with Crippen LogP contribution in [0.2, 0.25) is 0 Å². The van der Waals surface area contributed by atoms with Gasteiger partial charge in [0.05, 0.1) is 0 Å². The second-order valence-electron chi connectivity index (χ2n) is 10.9. The van der Waals surface area contributed by atoms with Crippen LogP contribution in [0.3, 0.4) is 0 Å². The van der Waals surface area contributed by atoms with Crippen LogP contribution in [0.5, 0.6) is 0 Å². The Labute approximate surface area is 190 Å². The summed E-state index contributed by atoms with van der Waals surface area (Å²) < 4.78 is 0. The van der Waals surface area contributed by atoms with Crippen molar-refractivity contribution < 1.29 is 0 Å². The lowest BCUT2D eigenvalue weighted by Crippen LogP contribution is -2.26. The Morgan fingerprint density at radius 2 is 1.56 bits per heavy atom. The molecule has 0 saturated heterocycles. The van der Waals surface area contributed by atoms with Gasteiger partial charge in [-0.05, 0) is 88.2 Å². The zero-order valence-electron chi connectivity index (χ0n) is 19.6. The van der Waals surface area contributed by atoms with Crippen LogP contribution in [0.25, 0.3) is 32.7 Å². The van der Waals surface area contributed by atoms with E-state index in [0.29, 0.717) is 0 Å². The topological polar surface area (TPSA) is 0 Å². The van der Waals surface area contributed by atoms with Gasteiger partial charge in [0.2, 0.25) is 0 Å². The van der Waals surface area contributed by atoms with Crippen molar-refractivity contribution in [1.29, 1.82) is 0 Å². The predicted octanol–water partition coefficient (Wildman–Crippen LogP) is 8.50. The molecule has 4 aromatic carbocycles. The summed E-state index contributed by atoms with van der Waals surface area (Å²) >= 11 is 0. The van der Waals surface area contributed by atoms with Crippen molar-refractivity contribution in [3.63, 3.8) is 0 Å². The SMILES string of the molecule is CC1=CC2(CC(C)=C1)c1cc3ccc(C)cc3c3c1-c1c2ccc2cccc(c12)C3(C)C. The van der Waals surface area contributed by atoms with Gasteiger partial charge >= 0.3 is 0 Å². The fraction of sp³-hybridized carbons (Fsp3) is 0.250. The van der Waals surface area contributed by atoms with Crippen LogP contribution in [-0.4, -0.2) is 0 Å². The molecule has 0 amide bonds. The number of aryl methyl sites for hydroxylation is 1. The molecule has 0 N–H and O–H groups in total. The summed E-state index contributed by atoms with van der Waals surface area (Å²) in [7, 11) is 0. The molecule has 0 aliphatic heterocycles. The van der Waals surface area contributed by atoms with Crippen LogP contribution >= 0.6 is 0 Å². The van der Waals surface area contributed by atoms with Gasteiger partial charge in [-0.2, -0.15) is 0 Å². The zero-order chi connectivity index (χ0) is 22.0.